The molecule has 5 heteroatoms. The maximum Gasteiger partial charge on any atom is 0.496 e. The van der Waals surface area contributed by atoms with Crippen molar-refractivity contribution in [1.82, 2.24) is 0 Å². The van der Waals surface area contributed by atoms with Crippen molar-refractivity contribution >= 4 is 34.0 Å². The second kappa shape index (κ2) is 5.38. The molecule has 0 saturated carbocycles. The Bertz CT molecular complexity index is 729. The van der Waals surface area contributed by atoms with Crippen molar-refractivity contribution in [1.29, 1.82) is 5.26 Å². The molecule has 0 bridgehead atoms. The van der Waals surface area contributed by atoms with Gasteiger partial charge in [-0.1, -0.05) is 18.2 Å². The summed E-state index contributed by atoms with van der Waals surface area (Å²) in [5, 5.41) is 10.1. The minimum atomic E-state index is -0.366. The minimum Gasteiger partial charge on any atom is -0.399 e. The number of thiophene rings is 1. The molecular weight excluding hydrogens is 293 g/mol. The number of nitriles is 1. The van der Waals surface area contributed by atoms with Crippen molar-refractivity contribution in [2.45, 2.75) is 51.7 Å². The Balaban J connectivity index is 2.08. The monoisotopic (exact) mass is 313 g/mol. The predicted molar refractivity (Wildman–Crippen MR) is 91.5 cm³/mol. The summed E-state index contributed by atoms with van der Waals surface area (Å²) in [4.78, 5) is 1.20. The van der Waals surface area contributed by atoms with Gasteiger partial charge in [0.25, 0.3) is 0 Å². The lowest BCUT2D eigenvalue weighted by Crippen LogP contribution is -2.41. The molecule has 1 aromatic heterocycles. The van der Waals surface area contributed by atoms with Gasteiger partial charge in [0, 0.05) is 21.5 Å². The molecular formula is C17H20BNO2S. The summed E-state index contributed by atoms with van der Waals surface area (Å²) in [6.45, 7) is 8.26. The first-order valence-electron chi connectivity index (χ1n) is 7.58. The van der Waals surface area contributed by atoms with Crippen LogP contribution in [0.2, 0.25) is 0 Å². The molecule has 0 radical (unpaired) electrons. The van der Waals surface area contributed by atoms with Gasteiger partial charge in [0.15, 0.2) is 0 Å². The normalized spacial score (nSPS) is 19.5. The number of fused-ring (bicyclic) bond motifs is 1. The van der Waals surface area contributed by atoms with Gasteiger partial charge in [0.2, 0.25) is 0 Å². The van der Waals surface area contributed by atoms with E-state index in [1.807, 2.05) is 12.1 Å². The molecule has 2 heterocycles. The Kier molecular flexibility index (Phi) is 3.80. The van der Waals surface area contributed by atoms with E-state index in [1.54, 1.807) is 11.3 Å². The molecule has 3 nitrogen and oxygen atoms in total. The van der Waals surface area contributed by atoms with Gasteiger partial charge in [-0.3, -0.25) is 0 Å². The van der Waals surface area contributed by atoms with Gasteiger partial charge in [-0.2, -0.15) is 5.26 Å². The summed E-state index contributed by atoms with van der Waals surface area (Å²) < 4.78 is 13.7. The minimum absolute atomic E-state index is 0.354. The van der Waals surface area contributed by atoms with Crippen molar-refractivity contribution in [2.24, 2.45) is 0 Å². The molecule has 114 valence electrons. The van der Waals surface area contributed by atoms with Crippen LogP contribution in [0.5, 0.6) is 0 Å². The van der Waals surface area contributed by atoms with E-state index >= 15 is 0 Å². The van der Waals surface area contributed by atoms with E-state index in [0.717, 1.165) is 11.9 Å². The number of nitrogens with zero attached hydrogens (tertiary/aromatic N) is 1. The Morgan fingerprint density at radius 3 is 2.41 bits per heavy atom. The van der Waals surface area contributed by atoms with Crippen molar-refractivity contribution in [2.75, 3.05) is 0 Å². The average Bonchev–Trinajstić information content (AvgIpc) is 2.91. The number of benzene rings is 1. The predicted octanol–water partition coefficient (Wildman–Crippen LogP) is 3.66. The van der Waals surface area contributed by atoms with Crippen LogP contribution in [-0.2, 0) is 15.7 Å². The quantitative estimate of drug-likeness (QED) is 0.812. The van der Waals surface area contributed by atoms with Gasteiger partial charge in [-0.25, -0.2) is 0 Å². The molecule has 2 aromatic rings. The summed E-state index contributed by atoms with van der Waals surface area (Å²) in [6.07, 6.45) is 1.26. The van der Waals surface area contributed by atoms with Crippen LogP contribution < -0.4 is 5.46 Å². The fourth-order valence-corrected chi connectivity index (χ4v) is 3.91. The third kappa shape index (κ3) is 2.46. The van der Waals surface area contributed by atoms with Gasteiger partial charge < -0.3 is 9.31 Å². The van der Waals surface area contributed by atoms with Crippen molar-refractivity contribution in [3.63, 3.8) is 0 Å². The van der Waals surface area contributed by atoms with Crippen LogP contribution in [0, 0.1) is 11.3 Å². The molecule has 22 heavy (non-hydrogen) atoms. The maximum absolute atomic E-state index is 8.92. The van der Waals surface area contributed by atoms with E-state index in [1.165, 1.54) is 15.0 Å². The molecule has 1 saturated heterocycles. The van der Waals surface area contributed by atoms with E-state index in [2.05, 4.69) is 45.9 Å². The number of hydrogen-bond donors (Lipinski definition) is 0. The van der Waals surface area contributed by atoms with Gasteiger partial charge >= 0.3 is 7.12 Å². The third-order valence-corrected chi connectivity index (χ3v) is 5.91. The standard InChI is InChI=1S/C17H20BNO2S/c1-16(2)17(3,4)21-18(20-16)15-12-8-5-6-9-13(12)22-14(15)10-7-11-19/h5-6,8-9H,7,10H2,1-4H3. The average molecular weight is 313 g/mol. The largest absolute Gasteiger partial charge is 0.496 e. The first kappa shape index (κ1) is 15.5. The molecule has 1 fully saturated rings. The first-order valence-corrected chi connectivity index (χ1v) is 8.40. The Labute approximate surface area is 136 Å². The van der Waals surface area contributed by atoms with E-state index in [-0.39, 0.29) is 18.3 Å². The third-order valence-electron chi connectivity index (χ3n) is 4.66. The fourth-order valence-electron chi connectivity index (χ4n) is 2.69. The lowest BCUT2D eigenvalue weighted by molar-refractivity contribution is 0.00578. The number of rotatable bonds is 3. The van der Waals surface area contributed by atoms with Crippen molar-refractivity contribution in [3.05, 3.63) is 29.1 Å². The molecule has 1 aliphatic heterocycles. The highest BCUT2D eigenvalue weighted by molar-refractivity contribution is 7.20. The molecule has 0 aliphatic carbocycles. The Morgan fingerprint density at radius 1 is 1.14 bits per heavy atom. The highest BCUT2D eigenvalue weighted by atomic mass is 32.1. The van der Waals surface area contributed by atoms with Crippen LogP contribution in [-0.4, -0.2) is 18.3 Å². The lowest BCUT2D eigenvalue weighted by atomic mass is 9.76. The zero-order valence-corrected chi connectivity index (χ0v) is 14.3. The molecule has 0 spiro atoms. The van der Waals surface area contributed by atoms with Gasteiger partial charge in [-0.05, 0) is 45.6 Å². The van der Waals surface area contributed by atoms with Crippen LogP contribution in [0.15, 0.2) is 24.3 Å². The topological polar surface area (TPSA) is 42.2 Å². The Morgan fingerprint density at radius 2 is 1.77 bits per heavy atom. The maximum atomic E-state index is 8.92. The van der Waals surface area contributed by atoms with E-state index < -0.39 is 0 Å². The molecule has 0 atom stereocenters. The molecule has 1 aromatic carbocycles. The zero-order chi connectivity index (χ0) is 16.0. The van der Waals surface area contributed by atoms with Crippen LogP contribution >= 0.6 is 11.3 Å². The van der Waals surface area contributed by atoms with Crippen LogP contribution in [0.25, 0.3) is 10.1 Å². The SMILES string of the molecule is CC1(C)OB(c2c(CCC#N)sc3ccccc23)OC1(C)C. The van der Waals surface area contributed by atoms with E-state index in [9.17, 15) is 0 Å². The van der Waals surface area contributed by atoms with Gasteiger partial charge in [-0.15, -0.1) is 11.3 Å². The zero-order valence-electron chi connectivity index (χ0n) is 13.5. The second-order valence-electron chi connectivity index (χ2n) is 6.68. The van der Waals surface area contributed by atoms with E-state index in [4.69, 9.17) is 14.6 Å². The smallest absolute Gasteiger partial charge is 0.399 e. The van der Waals surface area contributed by atoms with Gasteiger partial charge in [0.05, 0.1) is 17.3 Å². The summed E-state index contributed by atoms with van der Waals surface area (Å²) in [7, 11) is -0.366. The molecule has 1 aliphatic rings. The van der Waals surface area contributed by atoms with Crippen LogP contribution in [0.1, 0.15) is 39.0 Å². The number of aryl methyl sites for hydroxylation is 1. The summed E-state index contributed by atoms with van der Waals surface area (Å²) in [6, 6.07) is 10.5. The van der Waals surface area contributed by atoms with Crippen LogP contribution in [0.3, 0.4) is 0 Å². The fraction of sp³-hybridized carbons (Fsp3) is 0.471. The molecule has 3 rings (SSSR count). The second-order valence-corrected chi connectivity index (χ2v) is 7.82. The highest BCUT2D eigenvalue weighted by Crippen LogP contribution is 2.38. The summed E-state index contributed by atoms with van der Waals surface area (Å²) in [5.74, 6) is 0. The number of hydrogen-bond acceptors (Lipinski definition) is 4. The van der Waals surface area contributed by atoms with E-state index in [0.29, 0.717) is 6.42 Å². The summed E-state index contributed by atoms with van der Waals surface area (Å²) >= 11 is 1.74. The molecule has 0 unspecified atom stereocenters. The molecule has 0 amide bonds. The molecule has 0 N–H and O–H groups in total. The van der Waals surface area contributed by atoms with Crippen molar-refractivity contribution < 1.29 is 9.31 Å². The van der Waals surface area contributed by atoms with Crippen LogP contribution in [0.4, 0.5) is 0 Å². The lowest BCUT2D eigenvalue weighted by Gasteiger charge is -2.32. The Hall–Kier alpha value is -1.35. The van der Waals surface area contributed by atoms with Crippen molar-refractivity contribution in [3.8, 4) is 6.07 Å². The summed E-state index contributed by atoms with van der Waals surface area (Å²) in [5.41, 5.74) is 0.398. The first-order chi connectivity index (χ1) is 10.4. The van der Waals surface area contributed by atoms with Gasteiger partial charge in [0.1, 0.15) is 0 Å². The highest BCUT2D eigenvalue weighted by Gasteiger charge is 2.52.